The summed E-state index contributed by atoms with van der Waals surface area (Å²) in [5, 5.41) is 8.43. The minimum Gasteiger partial charge on any atom is -0.383 e. The van der Waals surface area contributed by atoms with Gasteiger partial charge >= 0.3 is 0 Å². The van der Waals surface area contributed by atoms with E-state index >= 15 is 0 Å². The minimum absolute atomic E-state index is 0.106. The Balaban J connectivity index is 1.90. The normalized spacial score (nSPS) is 17.4. The molecule has 1 aliphatic carbocycles. The zero-order chi connectivity index (χ0) is 13.2. The average Bonchev–Trinajstić information content (AvgIpc) is 3.02. The molecule has 2 rings (SSSR count). The van der Waals surface area contributed by atoms with Gasteiger partial charge in [0, 0.05) is 11.7 Å². The van der Waals surface area contributed by atoms with Gasteiger partial charge in [0.1, 0.15) is 0 Å². The van der Waals surface area contributed by atoms with Crippen LogP contribution in [0.25, 0.3) is 0 Å². The van der Waals surface area contributed by atoms with Crippen molar-refractivity contribution in [1.29, 1.82) is 0 Å². The van der Waals surface area contributed by atoms with Crippen LogP contribution in [-0.2, 0) is 15.8 Å². The lowest BCUT2D eigenvalue weighted by molar-refractivity contribution is 0.597. The third-order valence-electron chi connectivity index (χ3n) is 3.12. The molecule has 1 atom stereocenters. The van der Waals surface area contributed by atoms with E-state index < -0.39 is 10.0 Å². The molecular weight excluding hydrogens is 248 g/mol. The van der Waals surface area contributed by atoms with Crippen LogP contribution in [0.2, 0.25) is 0 Å². The molecule has 0 aromatic heterocycles. The van der Waals surface area contributed by atoms with Crippen molar-refractivity contribution >= 4 is 15.7 Å². The van der Waals surface area contributed by atoms with Crippen molar-refractivity contribution in [1.82, 2.24) is 0 Å². The predicted octanol–water partition coefficient (Wildman–Crippen LogP) is 2.08. The first-order valence-electron chi connectivity index (χ1n) is 6.28. The molecule has 0 bridgehead atoms. The van der Waals surface area contributed by atoms with Crippen LogP contribution in [0.3, 0.4) is 0 Å². The molecule has 1 fully saturated rings. The molecule has 18 heavy (non-hydrogen) atoms. The molecule has 1 saturated carbocycles. The van der Waals surface area contributed by atoms with Gasteiger partial charge in [0.2, 0.25) is 10.0 Å². The fraction of sp³-hybridized carbons (Fsp3) is 0.538. The van der Waals surface area contributed by atoms with E-state index in [0.717, 1.165) is 17.2 Å². The van der Waals surface area contributed by atoms with Crippen LogP contribution in [-0.4, -0.2) is 14.5 Å². The highest BCUT2D eigenvalue weighted by Crippen LogP contribution is 2.34. The maximum atomic E-state index is 11.0. The molecule has 3 N–H and O–H groups in total. The monoisotopic (exact) mass is 268 g/mol. The number of rotatable bonds is 6. The third kappa shape index (κ3) is 4.66. The van der Waals surface area contributed by atoms with Crippen LogP contribution in [0.5, 0.6) is 0 Å². The van der Waals surface area contributed by atoms with Crippen LogP contribution < -0.4 is 10.5 Å². The van der Waals surface area contributed by atoms with E-state index in [0.29, 0.717) is 6.04 Å². The van der Waals surface area contributed by atoms with Gasteiger partial charge in [-0.1, -0.05) is 25.0 Å². The molecular formula is C13H20N2O2S. The lowest BCUT2D eigenvalue weighted by Gasteiger charge is -2.15. The number of sulfonamides is 1. The maximum absolute atomic E-state index is 11.0. The van der Waals surface area contributed by atoms with E-state index in [-0.39, 0.29) is 5.75 Å². The van der Waals surface area contributed by atoms with Crippen molar-refractivity contribution in [2.45, 2.75) is 38.0 Å². The predicted molar refractivity (Wildman–Crippen MR) is 73.7 cm³/mol. The lowest BCUT2D eigenvalue weighted by Crippen LogP contribution is -2.16. The van der Waals surface area contributed by atoms with Gasteiger partial charge in [-0.25, -0.2) is 13.6 Å². The SMILES string of the molecule is CC(CC1CC1)Nc1ccc(CS(N)(=O)=O)cc1. The first kappa shape index (κ1) is 13.4. The van der Waals surface area contributed by atoms with E-state index in [2.05, 4.69) is 12.2 Å². The quantitative estimate of drug-likeness (QED) is 0.829. The lowest BCUT2D eigenvalue weighted by atomic mass is 10.1. The minimum atomic E-state index is -3.44. The van der Waals surface area contributed by atoms with E-state index in [4.69, 9.17) is 5.14 Å². The van der Waals surface area contributed by atoms with Crippen LogP contribution in [0, 0.1) is 5.92 Å². The Hall–Kier alpha value is -1.07. The fourth-order valence-electron chi connectivity index (χ4n) is 2.13. The van der Waals surface area contributed by atoms with Gasteiger partial charge in [0.05, 0.1) is 5.75 Å². The highest BCUT2D eigenvalue weighted by Gasteiger charge is 2.23. The smallest absolute Gasteiger partial charge is 0.213 e. The summed E-state index contributed by atoms with van der Waals surface area (Å²) in [6.07, 6.45) is 3.93. The molecule has 0 heterocycles. The first-order valence-corrected chi connectivity index (χ1v) is 8.00. The Labute approximate surface area is 109 Å². The van der Waals surface area contributed by atoms with E-state index in [1.165, 1.54) is 19.3 Å². The Bertz CT molecular complexity index is 492. The number of nitrogens with one attached hydrogen (secondary N) is 1. The van der Waals surface area contributed by atoms with Crippen molar-refractivity contribution in [3.05, 3.63) is 29.8 Å². The van der Waals surface area contributed by atoms with Gasteiger partial charge in [-0.2, -0.15) is 0 Å². The highest BCUT2D eigenvalue weighted by molar-refractivity contribution is 7.88. The van der Waals surface area contributed by atoms with Crippen molar-refractivity contribution in [2.75, 3.05) is 5.32 Å². The van der Waals surface area contributed by atoms with Crippen molar-refractivity contribution < 1.29 is 8.42 Å². The third-order valence-corrected chi connectivity index (χ3v) is 3.85. The zero-order valence-corrected chi connectivity index (χ0v) is 11.4. The van der Waals surface area contributed by atoms with Crippen LogP contribution >= 0.6 is 0 Å². The second kappa shape index (κ2) is 5.28. The summed E-state index contributed by atoms with van der Waals surface area (Å²) >= 11 is 0. The second-order valence-corrected chi connectivity index (χ2v) is 6.84. The first-order chi connectivity index (χ1) is 8.42. The maximum Gasteiger partial charge on any atom is 0.213 e. The van der Waals surface area contributed by atoms with Crippen LogP contribution in [0.1, 0.15) is 31.7 Å². The Morgan fingerprint density at radius 2 is 1.94 bits per heavy atom. The fourth-order valence-corrected chi connectivity index (χ4v) is 2.78. The molecule has 0 radical (unpaired) electrons. The number of nitrogens with two attached hydrogens (primary N) is 1. The number of hydrogen-bond acceptors (Lipinski definition) is 3. The molecule has 1 aliphatic rings. The molecule has 1 aromatic rings. The summed E-state index contributed by atoms with van der Waals surface area (Å²) < 4.78 is 21.9. The second-order valence-electron chi connectivity index (χ2n) is 5.23. The summed E-state index contributed by atoms with van der Waals surface area (Å²) in [5.74, 6) is 0.791. The molecule has 5 heteroatoms. The molecule has 4 nitrogen and oxygen atoms in total. The molecule has 100 valence electrons. The van der Waals surface area contributed by atoms with Crippen molar-refractivity contribution in [3.63, 3.8) is 0 Å². The van der Waals surface area contributed by atoms with Crippen molar-refractivity contribution in [3.8, 4) is 0 Å². The van der Waals surface area contributed by atoms with Crippen LogP contribution in [0.15, 0.2) is 24.3 Å². The van der Waals surface area contributed by atoms with E-state index in [1.54, 1.807) is 12.1 Å². The van der Waals surface area contributed by atoms with Gasteiger partial charge in [-0.15, -0.1) is 0 Å². The largest absolute Gasteiger partial charge is 0.383 e. The molecule has 0 aliphatic heterocycles. The summed E-state index contributed by atoms with van der Waals surface area (Å²) in [6.45, 7) is 2.18. The summed E-state index contributed by atoms with van der Waals surface area (Å²) in [7, 11) is -3.44. The number of primary sulfonamides is 1. The van der Waals surface area contributed by atoms with Gasteiger partial charge in [-0.3, -0.25) is 0 Å². The number of benzene rings is 1. The average molecular weight is 268 g/mol. The zero-order valence-electron chi connectivity index (χ0n) is 10.6. The van der Waals surface area contributed by atoms with Gasteiger partial charge < -0.3 is 5.32 Å². The molecule has 1 aromatic carbocycles. The summed E-state index contributed by atoms with van der Waals surface area (Å²) in [4.78, 5) is 0. The Kier molecular flexibility index (Phi) is 3.92. The highest BCUT2D eigenvalue weighted by atomic mass is 32.2. The Morgan fingerprint density at radius 3 is 2.44 bits per heavy atom. The molecule has 0 spiro atoms. The van der Waals surface area contributed by atoms with Crippen molar-refractivity contribution in [2.24, 2.45) is 11.1 Å². The number of anilines is 1. The van der Waals surface area contributed by atoms with E-state index in [1.807, 2.05) is 12.1 Å². The standard InChI is InChI=1S/C13H20N2O2S/c1-10(8-11-2-3-11)15-13-6-4-12(5-7-13)9-18(14,16)17/h4-7,10-11,15H,2-3,8-9H2,1H3,(H2,14,16,17). The molecule has 0 amide bonds. The summed E-state index contributed by atoms with van der Waals surface area (Å²) in [5.41, 5.74) is 1.75. The van der Waals surface area contributed by atoms with Gasteiger partial charge in [0.15, 0.2) is 0 Å². The van der Waals surface area contributed by atoms with Crippen LogP contribution in [0.4, 0.5) is 5.69 Å². The van der Waals surface area contributed by atoms with Gasteiger partial charge in [0.25, 0.3) is 0 Å². The molecule has 1 unspecified atom stereocenters. The molecule has 0 saturated heterocycles. The Morgan fingerprint density at radius 1 is 1.33 bits per heavy atom. The van der Waals surface area contributed by atoms with E-state index in [9.17, 15) is 8.42 Å². The summed E-state index contributed by atoms with van der Waals surface area (Å²) in [6, 6.07) is 7.88. The topological polar surface area (TPSA) is 72.2 Å². The number of hydrogen-bond donors (Lipinski definition) is 2. The van der Waals surface area contributed by atoms with Gasteiger partial charge in [-0.05, 0) is 37.0 Å².